The van der Waals surface area contributed by atoms with Crippen molar-refractivity contribution in [3.63, 3.8) is 0 Å². The van der Waals surface area contributed by atoms with E-state index in [1.54, 1.807) is 0 Å². The average Bonchev–Trinajstić information content (AvgIpc) is 3.02. The Hall–Kier alpha value is -2.01. The van der Waals surface area contributed by atoms with Crippen molar-refractivity contribution in [1.82, 2.24) is 5.32 Å². The molecule has 0 radical (unpaired) electrons. The Balaban J connectivity index is 1.62. The zero-order valence-electron chi connectivity index (χ0n) is 12.7. The van der Waals surface area contributed by atoms with E-state index < -0.39 is 11.5 Å². The quantitative estimate of drug-likeness (QED) is 0.825. The molecule has 0 spiro atoms. The van der Waals surface area contributed by atoms with Gasteiger partial charge in [0.25, 0.3) is 0 Å². The van der Waals surface area contributed by atoms with Crippen LogP contribution < -0.4 is 5.32 Å². The highest BCUT2D eigenvalue weighted by Crippen LogP contribution is 2.30. The molecule has 0 unspecified atom stereocenters. The molecular weight excluding hydrogens is 310 g/mol. The van der Waals surface area contributed by atoms with Gasteiger partial charge in [-0.2, -0.15) is 0 Å². The molecule has 0 bridgehead atoms. The molecule has 1 amide bonds. The van der Waals surface area contributed by atoms with Crippen LogP contribution in [0.1, 0.15) is 25.7 Å². The maximum absolute atomic E-state index is 12.2. The molecule has 2 aromatic rings. The van der Waals surface area contributed by atoms with Crippen LogP contribution in [0.2, 0.25) is 0 Å². The molecule has 23 heavy (non-hydrogen) atoms. The Labute approximate surface area is 139 Å². The molecule has 3 rings (SSSR count). The molecule has 2 N–H and O–H groups in total. The highest BCUT2D eigenvalue weighted by atomic mass is 32.2. The summed E-state index contributed by atoms with van der Waals surface area (Å²) in [6, 6.07) is 14.1. The molecule has 2 aromatic carbocycles. The van der Waals surface area contributed by atoms with Gasteiger partial charge in [0.15, 0.2) is 0 Å². The van der Waals surface area contributed by atoms with Gasteiger partial charge in [-0.05, 0) is 35.7 Å². The van der Waals surface area contributed by atoms with Crippen molar-refractivity contribution in [2.24, 2.45) is 0 Å². The number of rotatable bonds is 5. The van der Waals surface area contributed by atoms with Gasteiger partial charge in [-0.25, -0.2) is 4.79 Å². The lowest BCUT2D eigenvalue weighted by molar-refractivity contribution is -0.147. The van der Waals surface area contributed by atoms with E-state index in [0.717, 1.165) is 28.5 Å². The van der Waals surface area contributed by atoms with Gasteiger partial charge in [-0.3, -0.25) is 4.79 Å². The van der Waals surface area contributed by atoms with E-state index in [4.69, 9.17) is 0 Å². The summed E-state index contributed by atoms with van der Waals surface area (Å²) < 4.78 is 0. The number of hydrogen-bond acceptors (Lipinski definition) is 3. The van der Waals surface area contributed by atoms with Crippen molar-refractivity contribution in [1.29, 1.82) is 0 Å². The maximum atomic E-state index is 12.2. The van der Waals surface area contributed by atoms with Crippen LogP contribution in [0, 0.1) is 0 Å². The van der Waals surface area contributed by atoms with Crippen molar-refractivity contribution in [2.75, 3.05) is 5.75 Å². The number of nitrogens with one attached hydrogen (secondary N) is 1. The van der Waals surface area contributed by atoms with Crippen LogP contribution in [0.4, 0.5) is 0 Å². The molecule has 0 saturated heterocycles. The number of aliphatic carboxylic acids is 1. The van der Waals surface area contributed by atoms with E-state index in [2.05, 4.69) is 11.4 Å². The lowest BCUT2D eigenvalue weighted by Crippen LogP contribution is -2.53. The van der Waals surface area contributed by atoms with E-state index in [0.29, 0.717) is 12.8 Å². The predicted molar refractivity (Wildman–Crippen MR) is 91.6 cm³/mol. The number of amides is 1. The predicted octanol–water partition coefficient (Wildman–Crippen LogP) is 3.45. The van der Waals surface area contributed by atoms with Crippen molar-refractivity contribution in [3.8, 4) is 0 Å². The standard InChI is InChI=1S/C18H19NO3S/c20-16(19-18(17(21)22)9-3-4-10-18)12-23-15-8-7-13-5-1-2-6-14(13)11-15/h1-2,5-8,11H,3-4,9-10,12H2,(H,19,20)(H,21,22). The highest BCUT2D eigenvalue weighted by molar-refractivity contribution is 8.00. The summed E-state index contributed by atoms with van der Waals surface area (Å²) in [5.74, 6) is -0.903. The Morgan fingerprint density at radius 3 is 2.48 bits per heavy atom. The van der Waals surface area contributed by atoms with Gasteiger partial charge in [0, 0.05) is 4.90 Å². The van der Waals surface area contributed by atoms with Gasteiger partial charge >= 0.3 is 5.97 Å². The summed E-state index contributed by atoms with van der Waals surface area (Å²) in [5.41, 5.74) is -1.05. The Morgan fingerprint density at radius 2 is 1.78 bits per heavy atom. The van der Waals surface area contributed by atoms with Gasteiger partial charge in [-0.15, -0.1) is 11.8 Å². The minimum atomic E-state index is -1.05. The second-order valence-corrected chi connectivity index (χ2v) is 6.99. The van der Waals surface area contributed by atoms with Crippen molar-refractivity contribution >= 4 is 34.4 Å². The Bertz CT molecular complexity index is 738. The average molecular weight is 329 g/mol. The summed E-state index contributed by atoms with van der Waals surface area (Å²) in [6.45, 7) is 0. The van der Waals surface area contributed by atoms with Gasteiger partial charge in [0.2, 0.25) is 5.91 Å². The Morgan fingerprint density at radius 1 is 1.09 bits per heavy atom. The highest BCUT2D eigenvalue weighted by Gasteiger charge is 2.42. The van der Waals surface area contributed by atoms with Crippen molar-refractivity contribution < 1.29 is 14.7 Å². The summed E-state index contributed by atoms with van der Waals surface area (Å²) >= 11 is 1.43. The molecule has 0 aromatic heterocycles. The molecule has 1 aliphatic carbocycles. The fourth-order valence-electron chi connectivity index (χ4n) is 3.08. The summed E-state index contributed by atoms with van der Waals surface area (Å²) in [6.07, 6.45) is 2.75. The molecule has 1 aliphatic rings. The van der Waals surface area contributed by atoms with E-state index in [-0.39, 0.29) is 11.7 Å². The number of carboxylic acids is 1. The molecular formula is C18H19NO3S. The molecule has 1 fully saturated rings. The van der Waals surface area contributed by atoms with E-state index in [1.165, 1.54) is 11.8 Å². The largest absolute Gasteiger partial charge is 0.480 e. The second-order valence-electron chi connectivity index (χ2n) is 5.94. The molecule has 1 saturated carbocycles. The van der Waals surface area contributed by atoms with Gasteiger partial charge in [0.05, 0.1) is 5.75 Å². The fraction of sp³-hybridized carbons (Fsp3) is 0.333. The molecule has 0 atom stereocenters. The third kappa shape index (κ3) is 3.50. The summed E-state index contributed by atoms with van der Waals surface area (Å²) in [7, 11) is 0. The lowest BCUT2D eigenvalue weighted by Gasteiger charge is -2.25. The zero-order chi connectivity index (χ0) is 16.3. The molecule has 0 heterocycles. The SMILES string of the molecule is O=C(CSc1ccc2ccccc2c1)NC1(C(=O)O)CCCC1. The van der Waals surface area contributed by atoms with Crippen LogP contribution in [0.25, 0.3) is 10.8 Å². The van der Waals surface area contributed by atoms with Gasteiger partial charge in [-0.1, -0.05) is 43.2 Å². The third-order valence-electron chi connectivity index (χ3n) is 4.34. The minimum absolute atomic E-state index is 0.215. The van der Waals surface area contributed by atoms with Crippen LogP contribution in [0.15, 0.2) is 47.4 Å². The monoisotopic (exact) mass is 329 g/mol. The van der Waals surface area contributed by atoms with Crippen LogP contribution >= 0.6 is 11.8 Å². The van der Waals surface area contributed by atoms with Crippen LogP contribution in [-0.4, -0.2) is 28.3 Å². The van der Waals surface area contributed by atoms with Crippen LogP contribution in [-0.2, 0) is 9.59 Å². The molecule has 0 aliphatic heterocycles. The maximum Gasteiger partial charge on any atom is 0.329 e. The number of carbonyl (C=O) groups excluding carboxylic acids is 1. The van der Waals surface area contributed by atoms with E-state index in [1.807, 2.05) is 36.4 Å². The smallest absolute Gasteiger partial charge is 0.329 e. The number of carbonyl (C=O) groups is 2. The van der Waals surface area contributed by atoms with Gasteiger partial charge in [0.1, 0.15) is 5.54 Å². The molecule has 5 heteroatoms. The molecule has 4 nitrogen and oxygen atoms in total. The van der Waals surface area contributed by atoms with Gasteiger partial charge < -0.3 is 10.4 Å². The topological polar surface area (TPSA) is 66.4 Å². The van der Waals surface area contributed by atoms with E-state index >= 15 is 0 Å². The molecule has 120 valence electrons. The Kier molecular flexibility index (Phi) is 4.57. The van der Waals surface area contributed by atoms with Crippen molar-refractivity contribution in [2.45, 2.75) is 36.1 Å². The van der Waals surface area contributed by atoms with Crippen LogP contribution in [0.5, 0.6) is 0 Å². The first-order chi connectivity index (χ1) is 11.1. The number of benzene rings is 2. The lowest BCUT2D eigenvalue weighted by atomic mass is 9.98. The summed E-state index contributed by atoms with van der Waals surface area (Å²) in [5, 5.41) is 14.4. The number of carboxylic acid groups (broad SMARTS) is 1. The first kappa shape index (κ1) is 15.9. The first-order valence-electron chi connectivity index (χ1n) is 7.75. The normalized spacial score (nSPS) is 16.3. The zero-order valence-corrected chi connectivity index (χ0v) is 13.6. The van der Waals surface area contributed by atoms with Crippen LogP contribution in [0.3, 0.4) is 0 Å². The number of thioether (sulfide) groups is 1. The third-order valence-corrected chi connectivity index (χ3v) is 5.33. The van der Waals surface area contributed by atoms with Crippen molar-refractivity contribution in [3.05, 3.63) is 42.5 Å². The minimum Gasteiger partial charge on any atom is -0.480 e. The number of hydrogen-bond donors (Lipinski definition) is 2. The first-order valence-corrected chi connectivity index (χ1v) is 8.74. The number of fused-ring (bicyclic) bond motifs is 1. The summed E-state index contributed by atoms with van der Waals surface area (Å²) in [4.78, 5) is 24.6. The second kappa shape index (κ2) is 6.62. The van der Waals surface area contributed by atoms with E-state index in [9.17, 15) is 14.7 Å². The fourth-order valence-corrected chi connectivity index (χ4v) is 3.82.